The summed E-state index contributed by atoms with van der Waals surface area (Å²) in [6, 6.07) is 6.59. The van der Waals surface area contributed by atoms with E-state index in [1.807, 2.05) is 0 Å². The fourth-order valence-electron chi connectivity index (χ4n) is 1.53. The summed E-state index contributed by atoms with van der Waals surface area (Å²) >= 11 is 7.71. The third kappa shape index (κ3) is 2.50. The van der Waals surface area contributed by atoms with Gasteiger partial charge in [-0.25, -0.2) is 0 Å². The third-order valence-corrected chi connectivity index (χ3v) is 5.79. The first-order valence-corrected chi connectivity index (χ1v) is 7.65. The molecule has 0 spiro atoms. The van der Waals surface area contributed by atoms with Gasteiger partial charge >= 0.3 is 0 Å². The molecule has 0 aliphatic carbocycles. The van der Waals surface area contributed by atoms with Gasteiger partial charge in [-0.05, 0) is 48.1 Å². The fraction of sp³-hybridized carbons (Fsp3) is 0.455. The lowest BCUT2D eigenvalue weighted by Crippen LogP contribution is -2.01. The van der Waals surface area contributed by atoms with Crippen LogP contribution in [0.2, 0.25) is 0 Å². The van der Waals surface area contributed by atoms with Crippen LogP contribution in [0.4, 0.5) is 0 Å². The van der Waals surface area contributed by atoms with E-state index >= 15 is 0 Å². The molecule has 76 valence electrons. The zero-order chi connectivity index (χ0) is 9.97. The first kappa shape index (κ1) is 10.9. The molecule has 0 nitrogen and oxygen atoms in total. The second kappa shape index (κ2) is 4.95. The van der Waals surface area contributed by atoms with Crippen molar-refractivity contribution in [3.8, 4) is 0 Å². The molecule has 0 amide bonds. The molecule has 3 heteroatoms. The van der Waals surface area contributed by atoms with E-state index in [-0.39, 0.29) is 0 Å². The summed E-state index contributed by atoms with van der Waals surface area (Å²) in [6.07, 6.45) is 1.36. The van der Waals surface area contributed by atoms with Crippen LogP contribution in [0, 0.1) is 6.92 Å². The van der Waals surface area contributed by atoms with Crippen molar-refractivity contribution in [3.05, 3.63) is 33.8 Å². The molecule has 1 aliphatic rings. The SMILES string of the molecule is Cc1ccc(Br)cc1C1SCCCS1. The number of benzene rings is 1. The van der Waals surface area contributed by atoms with E-state index < -0.39 is 0 Å². The molecule has 1 fully saturated rings. The van der Waals surface area contributed by atoms with E-state index in [0.29, 0.717) is 4.58 Å². The molecule has 0 N–H and O–H groups in total. The van der Waals surface area contributed by atoms with Crippen LogP contribution in [0.3, 0.4) is 0 Å². The summed E-state index contributed by atoms with van der Waals surface area (Å²) < 4.78 is 1.85. The van der Waals surface area contributed by atoms with Gasteiger partial charge in [0.25, 0.3) is 0 Å². The predicted octanol–water partition coefficient (Wildman–Crippen LogP) is 4.63. The Labute approximate surface area is 102 Å². The molecule has 14 heavy (non-hydrogen) atoms. The Hall–Kier alpha value is 0.400. The predicted molar refractivity (Wildman–Crippen MR) is 71.2 cm³/mol. The molecule has 1 aromatic carbocycles. The average molecular weight is 289 g/mol. The molecular formula is C11H13BrS2. The van der Waals surface area contributed by atoms with E-state index in [9.17, 15) is 0 Å². The van der Waals surface area contributed by atoms with Crippen LogP contribution in [0.5, 0.6) is 0 Å². The van der Waals surface area contributed by atoms with Gasteiger partial charge in [0, 0.05) is 4.47 Å². The standard InChI is InChI=1S/C11H13BrS2/c1-8-3-4-9(12)7-10(8)11-13-5-2-6-14-11/h3-4,7,11H,2,5-6H2,1H3. The molecule has 0 unspecified atom stereocenters. The van der Waals surface area contributed by atoms with Crippen LogP contribution >= 0.6 is 39.5 Å². The van der Waals surface area contributed by atoms with Gasteiger partial charge in [-0.3, -0.25) is 0 Å². The number of aryl methyl sites for hydroxylation is 1. The molecule has 1 aromatic rings. The van der Waals surface area contributed by atoms with Gasteiger partial charge in [-0.2, -0.15) is 0 Å². The molecule has 0 atom stereocenters. The zero-order valence-electron chi connectivity index (χ0n) is 8.13. The quantitative estimate of drug-likeness (QED) is 0.739. The second-order valence-electron chi connectivity index (χ2n) is 3.43. The van der Waals surface area contributed by atoms with E-state index in [0.717, 1.165) is 0 Å². The highest BCUT2D eigenvalue weighted by Crippen LogP contribution is 2.45. The second-order valence-corrected chi connectivity index (χ2v) is 7.07. The van der Waals surface area contributed by atoms with Crippen molar-refractivity contribution < 1.29 is 0 Å². The molecule has 0 aromatic heterocycles. The Balaban J connectivity index is 2.24. The summed E-state index contributed by atoms with van der Waals surface area (Å²) in [5.74, 6) is 2.62. The Kier molecular flexibility index (Phi) is 3.86. The van der Waals surface area contributed by atoms with Gasteiger partial charge in [-0.1, -0.05) is 22.0 Å². The maximum atomic E-state index is 3.54. The van der Waals surface area contributed by atoms with Crippen LogP contribution in [0.15, 0.2) is 22.7 Å². The molecular weight excluding hydrogens is 276 g/mol. The fourth-order valence-corrected chi connectivity index (χ4v) is 4.97. The van der Waals surface area contributed by atoms with Crippen molar-refractivity contribution in [1.29, 1.82) is 0 Å². The number of hydrogen-bond donors (Lipinski definition) is 0. The topological polar surface area (TPSA) is 0 Å². The molecule has 0 bridgehead atoms. The number of hydrogen-bond acceptors (Lipinski definition) is 2. The molecule has 1 aliphatic heterocycles. The minimum atomic E-state index is 0.654. The third-order valence-electron chi connectivity index (χ3n) is 2.32. The highest BCUT2D eigenvalue weighted by molar-refractivity contribution is 9.10. The van der Waals surface area contributed by atoms with Gasteiger partial charge in [0.05, 0.1) is 4.58 Å². The Morgan fingerprint density at radius 3 is 2.71 bits per heavy atom. The van der Waals surface area contributed by atoms with Gasteiger partial charge in [0.1, 0.15) is 0 Å². The van der Waals surface area contributed by atoms with Gasteiger partial charge in [0.15, 0.2) is 0 Å². The molecule has 1 saturated heterocycles. The van der Waals surface area contributed by atoms with Crippen molar-refractivity contribution in [2.24, 2.45) is 0 Å². The lowest BCUT2D eigenvalue weighted by atomic mass is 10.1. The van der Waals surface area contributed by atoms with Crippen LogP contribution in [0.25, 0.3) is 0 Å². The number of thioether (sulfide) groups is 2. The average Bonchev–Trinajstić information content (AvgIpc) is 2.23. The smallest absolute Gasteiger partial charge is 0.0754 e. The summed E-state index contributed by atoms with van der Waals surface area (Å²) in [4.78, 5) is 0. The lowest BCUT2D eigenvalue weighted by Gasteiger charge is -2.22. The highest BCUT2D eigenvalue weighted by Gasteiger charge is 2.18. The number of halogens is 1. The molecule has 2 rings (SSSR count). The minimum Gasteiger partial charge on any atom is -0.143 e. The van der Waals surface area contributed by atoms with Crippen LogP contribution in [-0.2, 0) is 0 Å². The van der Waals surface area contributed by atoms with E-state index in [2.05, 4.69) is 64.6 Å². The summed E-state index contributed by atoms with van der Waals surface area (Å²) in [7, 11) is 0. The Bertz CT molecular complexity index is 319. The Morgan fingerprint density at radius 1 is 1.29 bits per heavy atom. The van der Waals surface area contributed by atoms with Gasteiger partial charge in [-0.15, -0.1) is 23.5 Å². The normalized spacial score (nSPS) is 18.4. The van der Waals surface area contributed by atoms with Crippen molar-refractivity contribution in [3.63, 3.8) is 0 Å². The maximum absolute atomic E-state index is 3.54. The van der Waals surface area contributed by atoms with Gasteiger partial charge < -0.3 is 0 Å². The van der Waals surface area contributed by atoms with Crippen LogP contribution in [0.1, 0.15) is 22.1 Å². The van der Waals surface area contributed by atoms with Gasteiger partial charge in [0.2, 0.25) is 0 Å². The van der Waals surface area contributed by atoms with Crippen molar-refractivity contribution in [1.82, 2.24) is 0 Å². The van der Waals surface area contributed by atoms with Crippen molar-refractivity contribution in [2.45, 2.75) is 17.9 Å². The number of rotatable bonds is 1. The van der Waals surface area contributed by atoms with E-state index in [1.165, 1.54) is 33.5 Å². The maximum Gasteiger partial charge on any atom is 0.0754 e. The first-order chi connectivity index (χ1) is 6.77. The largest absolute Gasteiger partial charge is 0.143 e. The van der Waals surface area contributed by atoms with Crippen molar-refractivity contribution in [2.75, 3.05) is 11.5 Å². The minimum absolute atomic E-state index is 0.654. The molecule has 1 heterocycles. The van der Waals surface area contributed by atoms with E-state index in [1.54, 1.807) is 0 Å². The summed E-state index contributed by atoms with van der Waals surface area (Å²) in [5, 5.41) is 0. The van der Waals surface area contributed by atoms with E-state index in [4.69, 9.17) is 0 Å². The Morgan fingerprint density at radius 2 is 2.00 bits per heavy atom. The summed E-state index contributed by atoms with van der Waals surface area (Å²) in [5.41, 5.74) is 2.91. The molecule has 0 saturated carbocycles. The molecule has 0 radical (unpaired) electrons. The van der Waals surface area contributed by atoms with Crippen LogP contribution < -0.4 is 0 Å². The van der Waals surface area contributed by atoms with Crippen molar-refractivity contribution >= 4 is 39.5 Å². The van der Waals surface area contributed by atoms with Crippen LogP contribution in [-0.4, -0.2) is 11.5 Å². The zero-order valence-corrected chi connectivity index (χ0v) is 11.3. The first-order valence-electron chi connectivity index (χ1n) is 4.76. The summed E-state index contributed by atoms with van der Waals surface area (Å²) in [6.45, 7) is 2.21. The lowest BCUT2D eigenvalue weighted by molar-refractivity contribution is 1.09. The monoisotopic (exact) mass is 288 g/mol. The highest BCUT2D eigenvalue weighted by atomic mass is 79.9.